The zero-order chi connectivity index (χ0) is 25.9. The van der Waals surface area contributed by atoms with Gasteiger partial charge in [-0.05, 0) is 60.7 Å². The van der Waals surface area contributed by atoms with Crippen molar-refractivity contribution in [2.75, 3.05) is 20.3 Å². The molecule has 0 radical (unpaired) electrons. The van der Waals surface area contributed by atoms with Crippen molar-refractivity contribution in [2.24, 2.45) is 0 Å². The van der Waals surface area contributed by atoms with E-state index in [-0.39, 0.29) is 5.91 Å². The highest BCUT2D eigenvalue weighted by Crippen LogP contribution is 2.20. The van der Waals surface area contributed by atoms with Crippen molar-refractivity contribution in [1.29, 1.82) is 0 Å². The number of unbranched alkanes of at least 4 members (excludes halogenated alkanes) is 1. The van der Waals surface area contributed by atoms with Crippen LogP contribution < -0.4 is 14.8 Å². The molecule has 0 aliphatic heterocycles. The van der Waals surface area contributed by atoms with Gasteiger partial charge < -0.3 is 19.4 Å². The van der Waals surface area contributed by atoms with Gasteiger partial charge in [-0.1, -0.05) is 48.5 Å². The molecule has 1 N–H and O–H groups in total. The highest BCUT2D eigenvalue weighted by Gasteiger charge is 2.11. The van der Waals surface area contributed by atoms with Crippen molar-refractivity contribution < 1.29 is 14.3 Å². The Morgan fingerprint density at radius 3 is 2.62 bits per heavy atom. The Hall–Kier alpha value is -4.06. The number of fused-ring (bicyclic) bond motifs is 1. The smallest absolute Gasteiger partial charge is 0.224 e. The summed E-state index contributed by atoms with van der Waals surface area (Å²) in [5.41, 5.74) is 4.23. The zero-order valence-electron chi connectivity index (χ0n) is 21.5. The van der Waals surface area contributed by atoms with E-state index in [1.165, 1.54) is 0 Å². The lowest BCUT2D eigenvalue weighted by Crippen LogP contribution is -2.28. The van der Waals surface area contributed by atoms with Crippen LogP contribution in [0.2, 0.25) is 0 Å². The van der Waals surface area contributed by atoms with Gasteiger partial charge in [0.25, 0.3) is 0 Å². The SMILES string of the molecule is C=CCc1ccccc1OCCCCn1c(CCNC(=O)Cc2ccc(OC)cc2)nc2ccccc21. The number of aryl methyl sites for hydroxylation is 1. The Labute approximate surface area is 218 Å². The van der Waals surface area contributed by atoms with E-state index in [1.807, 2.05) is 66.7 Å². The lowest BCUT2D eigenvalue weighted by Gasteiger charge is -2.12. The molecule has 0 atom stereocenters. The van der Waals surface area contributed by atoms with E-state index in [1.54, 1.807) is 7.11 Å². The molecule has 6 heteroatoms. The lowest BCUT2D eigenvalue weighted by molar-refractivity contribution is -0.120. The van der Waals surface area contributed by atoms with Gasteiger partial charge in [-0.25, -0.2) is 4.98 Å². The number of benzene rings is 3. The first-order valence-electron chi connectivity index (χ1n) is 12.8. The summed E-state index contributed by atoms with van der Waals surface area (Å²) in [6.45, 7) is 5.89. The van der Waals surface area contributed by atoms with E-state index in [2.05, 4.69) is 28.6 Å². The number of para-hydroxylation sites is 3. The van der Waals surface area contributed by atoms with Gasteiger partial charge in [-0.2, -0.15) is 0 Å². The standard InChI is InChI=1S/C31H35N3O3/c1-3-10-25-11-4-7-14-29(25)37-22-9-8-21-34-28-13-6-5-12-27(28)33-30(34)19-20-32-31(35)23-24-15-17-26(36-2)18-16-24/h3-7,11-18H,1,8-10,19-23H2,2H3,(H,32,35). The van der Waals surface area contributed by atoms with Crippen molar-refractivity contribution >= 4 is 16.9 Å². The maximum Gasteiger partial charge on any atom is 0.224 e. The Morgan fingerprint density at radius 1 is 1.03 bits per heavy atom. The van der Waals surface area contributed by atoms with Crippen LogP contribution in [0, 0.1) is 0 Å². The fourth-order valence-electron chi connectivity index (χ4n) is 4.39. The number of nitrogens with zero attached hydrogens (tertiary/aromatic N) is 2. The van der Waals surface area contributed by atoms with Crippen molar-refractivity contribution in [2.45, 2.75) is 38.6 Å². The van der Waals surface area contributed by atoms with Crippen LogP contribution in [0.3, 0.4) is 0 Å². The van der Waals surface area contributed by atoms with Gasteiger partial charge in [-0.3, -0.25) is 4.79 Å². The minimum Gasteiger partial charge on any atom is -0.497 e. The van der Waals surface area contributed by atoms with E-state index in [9.17, 15) is 4.79 Å². The van der Waals surface area contributed by atoms with Crippen LogP contribution in [0.4, 0.5) is 0 Å². The number of amides is 1. The Balaban J connectivity index is 1.29. The molecule has 192 valence electrons. The zero-order valence-corrected chi connectivity index (χ0v) is 21.5. The van der Waals surface area contributed by atoms with E-state index < -0.39 is 0 Å². The molecular formula is C31H35N3O3. The number of methoxy groups -OCH3 is 1. The number of carbonyl (C=O) groups is 1. The molecular weight excluding hydrogens is 462 g/mol. The summed E-state index contributed by atoms with van der Waals surface area (Å²) in [4.78, 5) is 17.3. The topological polar surface area (TPSA) is 65.4 Å². The molecule has 0 saturated carbocycles. The fourth-order valence-corrected chi connectivity index (χ4v) is 4.39. The first kappa shape index (κ1) is 26.0. The minimum absolute atomic E-state index is 0.00159. The monoisotopic (exact) mass is 497 g/mol. The van der Waals surface area contributed by atoms with Gasteiger partial charge in [0.15, 0.2) is 0 Å². The maximum absolute atomic E-state index is 12.5. The van der Waals surface area contributed by atoms with E-state index >= 15 is 0 Å². The van der Waals surface area contributed by atoms with Gasteiger partial charge in [0, 0.05) is 19.5 Å². The molecule has 3 aromatic carbocycles. The fraction of sp³-hybridized carbons (Fsp3) is 0.290. The van der Waals surface area contributed by atoms with Crippen LogP contribution in [-0.2, 0) is 30.6 Å². The molecule has 1 aromatic heterocycles. The minimum atomic E-state index is 0.00159. The second kappa shape index (κ2) is 13.3. The van der Waals surface area contributed by atoms with E-state index in [0.29, 0.717) is 26.0 Å². The molecule has 0 spiro atoms. The number of imidazole rings is 1. The van der Waals surface area contributed by atoms with Gasteiger partial charge in [0.2, 0.25) is 5.91 Å². The van der Waals surface area contributed by atoms with Gasteiger partial charge in [0.1, 0.15) is 17.3 Å². The van der Waals surface area contributed by atoms with Crippen LogP contribution in [0.1, 0.15) is 29.8 Å². The third-order valence-corrected chi connectivity index (χ3v) is 6.30. The predicted octanol–water partition coefficient (Wildman–Crippen LogP) is 5.53. The molecule has 0 aliphatic rings. The first-order valence-corrected chi connectivity index (χ1v) is 12.8. The second-order valence-corrected chi connectivity index (χ2v) is 8.95. The van der Waals surface area contributed by atoms with Crippen molar-refractivity contribution in [3.05, 3.63) is 102 Å². The number of ether oxygens (including phenoxy) is 2. The molecule has 0 saturated heterocycles. The average molecular weight is 498 g/mol. The van der Waals surface area contributed by atoms with Gasteiger partial charge >= 0.3 is 0 Å². The van der Waals surface area contributed by atoms with Crippen LogP contribution in [0.25, 0.3) is 11.0 Å². The number of hydrogen-bond acceptors (Lipinski definition) is 4. The largest absolute Gasteiger partial charge is 0.497 e. The molecule has 0 aliphatic carbocycles. The molecule has 37 heavy (non-hydrogen) atoms. The summed E-state index contributed by atoms with van der Waals surface area (Å²) < 4.78 is 13.5. The maximum atomic E-state index is 12.5. The summed E-state index contributed by atoms with van der Waals surface area (Å²) in [7, 11) is 1.63. The summed E-state index contributed by atoms with van der Waals surface area (Å²) in [6.07, 6.45) is 5.63. The second-order valence-electron chi connectivity index (χ2n) is 8.95. The molecule has 4 aromatic rings. The molecule has 0 unspecified atom stereocenters. The van der Waals surface area contributed by atoms with Crippen LogP contribution in [0.15, 0.2) is 85.5 Å². The van der Waals surface area contributed by atoms with E-state index in [0.717, 1.165) is 65.3 Å². The molecule has 0 fully saturated rings. The van der Waals surface area contributed by atoms with Gasteiger partial charge in [0.05, 0.1) is 31.2 Å². The van der Waals surface area contributed by atoms with Crippen molar-refractivity contribution in [1.82, 2.24) is 14.9 Å². The summed E-state index contributed by atoms with van der Waals surface area (Å²) >= 11 is 0. The summed E-state index contributed by atoms with van der Waals surface area (Å²) in [5.74, 6) is 2.71. The normalized spacial score (nSPS) is 10.8. The highest BCUT2D eigenvalue weighted by molar-refractivity contribution is 5.78. The number of allylic oxidation sites excluding steroid dienone is 1. The van der Waals surface area contributed by atoms with Crippen LogP contribution in [0.5, 0.6) is 11.5 Å². The Bertz CT molecular complexity index is 1310. The first-order chi connectivity index (χ1) is 18.2. The number of rotatable bonds is 14. The van der Waals surface area contributed by atoms with Crippen LogP contribution >= 0.6 is 0 Å². The van der Waals surface area contributed by atoms with Crippen molar-refractivity contribution in [3.63, 3.8) is 0 Å². The van der Waals surface area contributed by atoms with E-state index in [4.69, 9.17) is 14.5 Å². The Kier molecular flexibility index (Phi) is 9.35. The number of hydrogen-bond donors (Lipinski definition) is 1. The number of aromatic nitrogens is 2. The third kappa shape index (κ3) is 7.23. The molecule has 1 amide bonds. The molecule has 1 heterocycles. The van der Waals surface area contributed by atoms with Gasteiger partial charge in [-0.15, -0.1) is 6.58 Å². The third-order valence-electron chi connectivity index (χ3n) is 6.30. The lowest BCUT2D eigenvalue weighted by atomic mass is 10.1. The summed E-state index contributed by atoms with van der Waals surface area (Å²) in [6, 6.07) is 23.9. The predicted molar refractivity (Wildman–Crippen MR) is 148 cm³/mol. The highest BCUT2D eigenvalue weighted by atomic mass is 16.5. The summed E-state index contributed by atoms with van der Waals surface area (Å²) in [5, 5.41) is 3.04. The molecule has 4 rings (SSSR count). The van der Waals surface area contributed by atoms with Crippen LogP contribution in [-0.4, -0.2) is 35.7 Å². The average Bonchev–Trinajstić information content (AvgIpc) is 3.27. The Morgan fingerprint density at radius 2 is 1.81 bits per heavy atom. The molecule has 6 nitrogen and oxygen atoms in total. The van der Waals surface area contributed by atoms with Crippen molar-refractivity contribution in [3.8, 4) is 11.5 Å². The number of nitrogens with one attached hydrogen (secondary N) is 1. The number of carbonyl (C=O) groups excluding carboxylic acids is 1. The quantitative estimate of drug-likeness (QED) is 0.184. The molecule has 0 bridgehead atoms.